The van der Waals surface area contributed by atoms with Gasteiger partial charge in [-0.2, -0.15) is 0 Å². The Morgan fingerprint density at radius 3 is 2.88 bits per heavy atom. The monoisotopic (exact) mass is 321 g/mol. The van der Waals surface area contributed by atoms with Gasteiger partial charge in [0.25, 0.3) is 10.0 Å². The summed E-state index contributed by atoms with van der Waals surface area (Å²) in [7, 11) is -3.45. The molecule has 17 heavy (non-hydrogen) atoms. The summed E-state index contributed by atoms with van der Waals surface area (Å²) in [5.41, 5.74) is 0. The molecule has 0 radical (unpaired) electrons. The number of hydrogen-bond donors (Lipinski definition) is 2. The molecule has 0 aromatic carbocycles. The molecule has 1 fully saturated rings. The maximum Gasteiger partial charge on any atom is 0.257 e. The third-order valence-electron chi connectivity index (χ3n) is 3.18. The van der Waals surface area contributed by atoms with Crippen LogP contribution in [0.3, 0.4) is 0 Å². The van der Waals surface area contributed by atoms with E-state index in [9.17, 15) is 8.42 Å². The molecule has 1 saturated carbocycles. The van der Waals surface area contributed by atoms with Crippen molar-refractivity contribution >= 4 is 26.0 Å². The highest BCUT2D eigenvalue weighted by Gasteiger charge is 2.29. The molecule has 1 aliphatic rings. The van der Waals surface area contributed by atoms with Gasteiger partial charge in [-0.15, -0.1) is 0 Å². The highest BCUT2D eigenvalue weighted by Crippen LogP contribution is 2.26. The van der Waals surface area contributed by atoms with E-state index in [1.807, 2.05) is 0 Å². The molecule has 1 aromatic heterocycles. The minimum absolute atomic E-state index is 0.0245. The molecular formula is C10H16BrN3O2S. The minimum Gasteiger partial charge on any atom is -0.335 e. The lowest BCUT2D eigenvalue weighted by Crippen LogP contribution is -2.42. The molecule has 2 unspecified atom stereocenters. The second-order valence-electron chi connectivity index (χ2n) is 4.34. The maximum atomic E-state index is 12.0. The van der Waals surface area contributed by atoms with Crippen molar-refractivity contribution in [2.24, 2.45) is 5.92 Å². The molecule has 2 rings (SSSR count). The van der Waals surface area contributed by atoms with Gasteiger partial charge >= 0.3 is 0 Å². The molecule has 0 amide bonds. The lowest BCUT2D eigenvalue weighted by molar-refractivity contribution is 0.316. The van der Waals surface area contributed by atoms with Crippen molar-refractivity contribution in [2.45, 2.75) is 36.8 Å². The normalized spacial score (nSPS) is 25.9. The Morgan fingerprint density at radius 1 is 1.47 bits per heavy atom. The highest BCUT2D eigenvalue weighted by atomic mass is 79.9. The predicted octanol–water partition coefficient (Wildman–Crippen LogP) is 1.64. The van der Waals surface area contributed by atoms with Crippen LogP contribution in [-0.2, 0) is 10.0 Å². The van der Waals surface area contributed by atoms with E-state index in [2.05, 4.69) is 30.6 Å². The molecule has 0 spiro atoms. The van der Waals surface area contributed by atoms with Crippen molar-refractivity contribution in [1.82, 2.24) is 14.7 Å². The molecule has 2 atom stereocenters. The Kier molecular flexibility index (Phi) is 4.22. The number of H-pyrrole nitrogens is 1. The summed E-state index contributed by atoms with van der Waals surface area (Å²) in [5.74, 6) is 0.376. The number of halogens is 1. The van der Waals surface area contributed by atoms with Crippen molar-refractivity contribution in [3.63, 3.8) is 0 Å². The second kappa shape index (κ2) is 5.49. The highest BCUT2D eigenvalue weighted by molar-refractivity contribution is 9.09. The van der Waals surface area contributed by atoms with Gasteiger partial charge in [0.15, 0.2) is 5.03 Å². The predicted molar refractivity (Wildman–Crippen MR) is 68.4 cm³/mol. The fourth-order valence-corrected chi connectivity index (χ4v) is 4.22. The molecule has 0 saturated heterocycles. The summed E-state index contributed by atoms with van der Waals surface area (Å²) in [4.78, 5) is 6.36. The Hall–Kier alpha value is -0.400. The average molecular weight is 322 g/mol. The SMILES string of the molecule is O=S(=O)(NC1CCCCC1CBr)c1cnc[nH]1. The van der Waals surface area contributed by atoms with Gasteiger partial charge in [0.05, 0.1) is 12.5 Å². The first kappa shape index (κ1) is 13.0. The van der Waals surface area contributed by atoms with Crippen LogP contribution in [0.2, 0.25) is 0 Å². The molecule has 96 valence electrons. The summed E-state index contributed by atoms with van der Waals surface area (Å²) in [5, 5.41) is 0.972. The van der Waals surface area contributed by atoms with Crippen LogP contribution in [0.25, 0.3) is 0 Å². The van der Waals surface area contributed by atoms with Gasteiger partial charge in [0.2, 0.25) is 0 Å². The van der Waals surface area contributed by atoms with Crippen molar-refractivity contribution in [3.05, 3.63) is 12.5 Å². The Balaban J connectivity index is 2.09. The smallest absolute Gasteiger partial charge is 0.257 e. The number of nitrogens with zero attached hydrogens (tertiary/aromatic N) is 1. The number of hydrogen-bond acceptors (Lipinski definition) is 3. The minimum atomic E-state index is -3.45. The summed E-state index contributed by atoms with van der Waals surface area (Å²) >= 11 is 3.45. The molecule has 5 nitrogen and oxygen atoms in total. The Morgan fingerprint density at radius 2 is 2.24 bits per heavy atom. The van der Waals surface area contributed by atoms with Gasteiger partial charge in [-0.05, 0) is 18.8 Å². The maximum absolute atomic E-state index is 12.0. The van der Waals surface area contributed by atoms with Gasteiger partial charge in [0.1, 0.15) is 0 Å². The van der Waals surface area contributed by atoms with Gasteiger partial charge in [-0.25, -0.2) is 18.1 Å². The Bertz CT molecular complexity index is 446. The van der Waals surface area contributed by atoms with E-state index in [-0.39, 0.29) is 11.1 Å². The Labute approximate surface area is 110 Å². The van der Waals surface area contributed by atoms with E-state index in [1.54, 1.807) is 0 Å². The van der Waals surface area contributed by atoms with Crippen LogP contribution < -0.4 is 4.72 Å². The van der Waals surface area contributed by atoms with Gasteiger partial charge in [-0.3, -0.25) is 0 Å². The van der Waals surface area contributed by atoms with Gasteiger partial charge in [-0.1, -0.05) is 28.8 Å². The van der Waals surface area contributed by atoms with E-state index in [4.69, 9.17) is 0 Å². The molecular weight excluding hydrogens is 306 g/mol. The lowest BCUT2D eigenvalue weighted by Gasteiger charge is -2.30. The fraction of sp³-hybridized carbons (Fsp3) is 0.700. The number of imidazole rings is 1. The topological polar surface area (TPSA) is 74.8 Å². The number of aromatic amines is 1. The summed E-state index contributed by atoms with van der Waals surface area (Å²) in [6.07, 6.45) is 6.94. The van der Waals surface area contributed by atoms with E-state index in [0.717, 1.165) is 24.6 Å². The molecule has 1 heterocycles. The first-order valence-corrected chi connectivity index (χ1v) is 8.30. The van der Waals surface area contributed by atoms with Gasteiger partial charge < -0.3 is 4.98 Å². The van der Waals surface area contributed by atoms with Crippen molar-refractivity contribution in [3.8, 4) is 0 Å². The molecule has 0 bridgehead atoms. The van der Waals surface area contributed by atoms with Crippen LogP contribution >= 0.6 is 15.9 Å². The third kappa shape index (κ3) is 3.08. The van der Waals surface area contributed by atoms with E-state index in [0.29, 0.717) is 5.92 Å². The zero-order chi connectivity index (χ0) is 12.3. The third-order valence-corrected chi connectivity index (χ3v) is 5.42. The van der Waals surface area contributed by atoms with Crippen LogP contribution in [0.4, 0.5) is 0 Å². The van der Waals surface area contributed by atoms with E-state index < -0.39 is 10.0 Å². The molecule has 2 N–H and O–H groups in total. The van der Waals surface area contributed by atoms with Crippen LogP contribution in [0.1, 0.15) is 25.7 Å². The fourth-order valence-electron chi connectivity index (χ4n) is 2.20. The number of sulfonamides is 1. The first-order chi connectivity index (χ1) is 8.13. The van der Waals surface area contributed by atoms with Crippen molar-refractivity contribution in [2.75, 3.05) is 5.33 Å². The zero-order valence-electron chi connectivity index (χ0n) is 9.39. The van der Waals surface area contributed by atoms with E-state index in [1.165, 1.54) is 18.9 Å². The zero-order valence-corrected chi connectivity index (χ0v) is 11.8. The number of nitrogens with one attached hydrogen (secondary N) is 2. The average Bonchev–Trinajstić information content (AvgIpc) is 2.83. The summed E-state index contributed by atoms with van der Waals surface area (Å²) in [6.45, 7) is 0. The van der Waals surface area contributed by atoms with Crippen molar-refractivity contribution in [1.29, 1.82) is 0 Å². The van der Waals surface area contributed by atoms with Gasteiger partial charge in [0, 0.05) is 11.4 Å². The van der Waals surface area contributed by atoms with Crippen molar-refractivity contribution < 1.29 is 8.42 Å². The lowest BCUT2D eigenvalue weighted by atomic mass is 9.87. The number of alkyl halides is 1. The summed E-state index contributed by atoms with van der Waals surface area (Å²) < 4.78 is 26.8. The van der Waals surface area contributed by atoms with Crippen LogP contribution in [0.5, 0.6) is 0 Å². The molecule has 1 aliphatic carbocycles. The van der Waals surface area contributed by atoms with Crippen LogP contribution in [0, 0.1) is 5.92 Å². The van der Waals surface area contributed by atoms with E-state index >= 15 is 0 Å². The number of rotatable bonds is 4. The molecule has 0 aliphatic heterocycles. The molecule has 1 aromatic rings. The molecule has 7 heteroatoms. The number of aromatic nitrogens is 2. The quantitative estimate of drug-likeness (QED) is 0.828. The summed E-state index contributed by atoms with van der Waals surface area (Å²) in [6, 6.07) is 0.0245. The first-order valence-electron chi connectivity index (χ1n) is 5.70. The second-order valence-corrected chi connectivity index (χ2v) is 6.67. The van der Waals surface area contributed by atoms with Crippen LogP contribution in [0.15, 0.2) is 17.6 Å². The standard InChI is InChI=1S/C10H16BrN3O2S/c11-5-8-3-1-2-4-9(8)14-17(15,16)10-6-12-7-13-10/h6-9,14H,1-5H2,(H,12,13). The van der Waals surface area contributed by atoms with Crippen LogP contribution in [-0.4, -0.2) is 29.8 Å². The largest absolute Gasteiger partial charge is 0.335 e.